The third-order valence-corrected chi connectivity index (χ3v) is 5.50. The van der Waals surface area contributed by atoms with Crippen LogP contribution in [-0.2, 0) is 11.2 Å². The highest BCUT2D eigenvalue weighted by atomic mass is 35.5. The van der Waals surface area contributed by atoms with Gasteiger partial charge in [-0.3, -0.25) is 24.9 Å². The van der Waals surface area contributed by atoms with Crippen LogP contribution in [0.25, 0.3) is 22.6 Å². The number of benzene rings is 1. The van der Waals surface area contributed by atoms with Gasteiger partial charge in [-0.15, -0.1) is 0 Å². The summed E-state index contributed by atoms with van der Waals surface area (Å²) < 4.78 is 6.67. The first-order chi connectivity index (χ1) is 16.6. The molecule has 4 rings (SSSR count). The predicted octanol–water partition coefficient (Wildman–Crippen LogP) is 3.75. The van der Waals surface area contributed by atoms with Gasteiger partial charge >= 0.3 is 0 Å². The molecule has 0 fully saturated rings. The molecule has 0 radical (unpaired) electrons. The van der Waals surface area contributed by atoms with Crippen molar-refractivity contribution in [2.24, 2.45) is 5.73 Å². The molecule has 0 spiro atoms. The number of aromatic nitrogens is 5. The molecule has 0 aliphatic heterocycles. The SMILES string of the molecule is CC(C)n1nc(-c2cnc(CC(=O)Nc3cc(-c4ccc(Cl)cc4Cl)no3)cn2)c(C(N)=O)c1N. The highest BCUT2D eigenvalue weighted by Crippen LogP contribution is 2.31. The number of nitrogen functional groups attached to an aromatic ring is 1. The van der Waals surface area contributed by atoms with Crippen LogP contribution in [-0.4, -0.2) is 36.7 Å². The molecule has 35 heavy (non-hydrogen) atoms. The van der Waals surface area contributed by atoms with E-state index in [1.807, 2.05) is 13.8 Å². The third-order valence-electron chi connectivity index (χ3n) is 4.95. The van der Waals surface area contributed by atoms with Crippen LogP contribution in [0.4, 0.5) is 11.7 Å². The summed E-state index contributed by atoms with van der Waals surface area (Å²) in [6.45, 7) is 3.74. The number of nitrogens with two attached hydrogens (primary N) is 2. The summed E-state index contributed by atoms with van der Waals surface area (Å²) >= 11 is 12.1. The fourth-order valence-corrected chi connectivity index (χ4v) is 3.84. The summed E-state index contributed by atoms with van der Waals surface area (Å²) in [6.07, 6.45) is 2.72. The van der Waals surface area contributed by atoms with Crippen LogP contribution < -0.4 is 16.8 Å². The molecule has 0 saturated heterocycles. The van der Waals surface area contributed by atoms with E-state index in [9.17, 15) is 9.59 Å². The van der Waals surface area contributed by atoms with Crippen molar-refractivity contribution in [1.82, 2.24) is 24.9 Å². The Morgan fingerprint density at radius 1 is 1.14 bits per heavy atom. The lowest BCUT2D eigenvalue weighted by Crippen LogP contribution is -2.15. The van der Waals surface area contributed by atoms with Gasteiger partial charge in [-0.1, -0.05) is 28.4 Å². The minimum Gasteiger partial charge on any atom is -0.383 e. The van der Waals surface area contributed by atoms with Crippen LogP contribution in [0.3, 0.4) is 0 Å². The molecule has 0 unspecified atom stereocenters. The zero-order valence-electron chi connectivity index (χ0n) is 18.6. The molecule has 0 aliphatic carbocycles. The highest BCUT2D eigenvalue weighted by molar-refractivity contribution is 6.36. The van der Waals surface area contributed by atoms with E-state index in [0.717, 1.165) is 0 Å². The predicted molar refractivity (Wildman–Crippen MR) is 131 cm³/mol. The molecule has 4 aromatic rings. The summed E-state index contributed by atoms with van der Waals surface area (Å²) in [5, 5.41) is 11.8. The van der Waals surface area contributed by atoms with Gasteiger partial charge in [0.05, 0.1) is 23.3 Å². The van der Waals surface area contributed by atoms with Gasteiger partial charge in [0.25, 0.3) is 5.91 Å². The zero-order chi connectivity index (χ0) is 25.3. The van der Waals surface area contributed by atoms with Gasteiger partial charge in [-0.2, -0.15) is 5.10 Å². The number of hydrogen-bond donors (Lipinski definition) is 3. The Bertz CT molecular complexity index is 1410. The number of rotatable bonds is 7. The van der Waals surface area contributed by atoms with Crippen molar-refractivity contribution in [2.75, 3.05) is 11.1 Å². The van der Waals surface area contributed by atoms with Gasteiger partial charge in [-0.25, -0.2) is 4.68 Å². The normalized spacial score (nSPS) is 11.1. The number of amides is 2. The largest absolute Gasteiger partial charge is 0.383 e. The standard InChI is InChI=1S/C22H20Cl2N8O3/c1-10(2)32-21(25)19(22(26)34)20(30-32)16-9-27-12(8-28-16)6-17(33)29-18-7-15(31-35-18)13-4-3-11(23)5-14(13)24/h3-5,7-10H,6,25H2,1-2H3,(H2,26,34)(H,29,33). The molecule has 5 N–H and O–H groups in total. The second-order valence-corrected chi connectivity index (χ2v) is 8.67. The number of halogens is 2. The summed E-state index contributed by atoms with van der Waals surface area (Å²) in [5.41, 5.74) is 13.5. The average molecular weight is 515 g/mol. The first-order valence-electron chi connectivity index (χ1n) is 10.3. The Balaban J connectivity index is 1.46. The maximum atomic E-state index is 12.5. The van der Waals surface area contributed by atoms with Gasteiger partial charge in [0.1, 0.15) is 28.5 Å². The van der Waals surface area contributed by atoms with Crippen LogP contribution in [0.5, 0.6) is 0 Å². The lowest BCUT2D eigenvalue weighted by atomic mass is 10.1. The van der Waals surface area contributed by atoms with Crippen LogP contribution >= 0.6 is 23.2 Å². The first kappa shape index (κ1) is 24.2. The van der Waals surface area contributed by atoms with Crippen molar-refractivity contribution >= 4 is 46.7 Å². The number of nitrogens with zero attached hydrogens (tertiary/aromatic N) is 5. The molecule has 1 aromatic carbocycles. The van der Waals surface area contributed by atoms with E-state index in [1.54, 1.807) is 24.3 Å². The molecule has 0 saturated carbocycles. The smallest absolute Gasteiger partial charge is 0.254 e. The fourth-order valence-electron chi connectivity index (χ4n) is 3.34. The summed E-state index contributed by atoms with van der Waals surface area (Å²) in [7, 11) is 0. The third kappa shape index (κ3) is 5.10. The van der Waals surface area contributed by atoms with Gasteiger partial charge in [-0.05, 0) is 32.0 Å². The minimum atomic E-state index is -0.721. The van der Waals surface area contributed by atoms with Crippen LogP contribution in [0.1, 0.15) is 35.9 Å². The van der Waals surface area contributed by atoms with Gasteiger partial charge < -0.3 is 16.0 Å². The molecule has 0 aliphatic rings. The molecule has 2 amide bonds. The zero-order valence-corrected chi connectivity index (χ0v) is 20.1. The molecule has 0 bridgehead atoms. The van der Waals surface area contributed by atoms with Gasteiger partial charge in [0.15, 0.2) is 0 Å². The van der Waals surface area contributed by atoms with E-state index in [2.05, 4.69) is 25.5 Å². The Labute approximate surface area is 209 Å². The van der Waals surface area contributed by atoms with E-state index in [0.29, 0.717) is 32.7 Å². The molecule has 3 heterocycles. The highest BCUT2D eigenvalue weighted by Gasteiger charge is 2.23. The number of nitrogens with one attached hydrogen (secondary N) is 1. The monoisotopic (exact) mass is 514 g/mol. The van der Waals surface area contributed by atoms with Crippen LogP contribution in [0, 0.1) is 0 Å². The first-order valence-corrected chi connectivity index (χ1v) is 11.1. The second-order valence-electron chi connectivity index (χ2n) is 7.83. The Morgan fingerprint density at radius 2 is 1.91 bits per heavy atom. The summed E-state index contributed by atoms with van der Waals surface area (Å²) in [5.74, 6) is -0.829. The summed E-state index contributed by atoms with van der Waals surface area (Å²) in [6, 6.07) is 6.41. The van der Waals surface area contributed by atoms with E-state index in [4.69, 9.17) is 39.2 Å². The van der Waals surface area contributed by atoms with Gasteiger partial charge in [0.2, 0.25) is 11.8 Å². The molecule has 0 atom stereocenters. The maximum Gasteiger partial charge on any atom is 0.254 e. The number of hydrogen-bond acceptors (Lipinski definition) is 8. The fraction of sp³-hybridized carbons (Fsp3) is 0.182. The average Bonchev–Trinajstić information content (AvgIpc) is 3.38. The molecule has 13 heteroatoms. The number of carbonyl (C=O) groups is 2. The Hall–Kier alpha value is -3.96. The van der Waals surface area contributed by atoms with Crippen molar-refractivity contribution in [3.05, 3.63) is 58.0 Å². The Morgan fingerprint density at radius 3 is 2.54 bits per heavy atom. The van der Waals surface area contributed by atoms with Gasteiger partial charge in [0, 0.05) is 28.9 Å². The quantitative estimate of drug-likeness (QED) is 0.334. The molecular weight excluding hydrogens is 495 g/mol. The second kappa shape index (κ2) is 9.72. The molecule has 11 nitrogen and oxygen atoms in total. The minimum absolute atomic E-state index is 0.0698. The van der Waals surface area contributed by atoms with Crippen molar-refractivity contribution < 1.29 is 14.1 Å². The molecular formula is C22H20Cl2N8O3. The molecule has 180 valence electrons. The number of anilines is 2. The van der Waals surface area contributed by atoms with Crippen LogP contribution in [0.15, 0.2) is 41.2 Å². The topological polar surface area (TPSA) is 168 Å². The number of primary amides is 1. The lowest BCUT2D eigenvalue weighted by molar-refractivity contribution is -0.115. The number of carbonyl (C=O) groups excluding carboxylic acids is 2. The van der Waals surface area contributed by atoms with Crippen LogP contribution in [0.2, 0.25) is 10.0 Å². The lowest BCUT2D eigenvalue weighted by Gasteiger charge is -2.06. The van der Waals surface area contributed by atoms with E-state index >= 15 is 0 Å². The molecule has 3 aromatic heterocycles. The van der Waals surface area contributed by atoms with Crippen molar-refractivity contribution in [2.45, 2.75) is 26.3 Å². The van der Waals surface area contributed by atoms with E-state index in [1.165, 1.54) is 17.1 Å². The van der Waals surface area contributed by atoms with Crippen molar-refractivity contribution in [1.29, 1.82) is 0 Å². The van der Waals surface area contributed by atoms with Crippen molar-refractivity contribution in [3.8, 4) is 22.6 Å². The van der Waals surface area contributed by atoms with Crippen molar-refractivity contribution in [3.63, 3.8) is 0 Å². The Kier molecular flexibility index (Phi) is 6.72. The maximum absolute atomic E-state index is 12.5. The van der Waals surface area contributed by atoms with E-state index in [-0.39, 0.29) is 35.4 Å². The summed E-state index contributed by atoms with van der Waals surface area (Å²) in [4.78, 5) is 32.9. The van der Waals surface area contributed by atoms with E-state index < -0.39 is 11.8 Å².